The number of halogens is 1. The second kappa shape index (κ2) is 6.22. The molecule has 1 aromatic rings. The molecule has 2 rings (SSSR count). The number of hydrogen-bond donors (Lipinski definition) is 2. The van der Waals surface area contributed by atoms with Crippen LogP contribution in [0.15, 0.2) is 34.8 Å². The number of carboxylic acid groups (broad SMARTS) is 1. The maximum atomic E-state index is 12.3. The van der Waals surface area contributed by atoms with E-state index < -0.39 is 17.8 Å². The van der Waals surface area contributed by atoms with E-state index in [1.807, 2.05) is 37.3 Å². The van der Waals surface area contributed by atoms with E-state index in [2.05, 4.69) is 21.2 Å². The Bertz CT molecular complexity index is 568. The number of amides is 1. The number of hydrogen-bond acceptors (Lipinski definition) is 2. The van der Waals surface area contributed by atoms with Crippen LogP contribution in [0.25, 0.3) is 0 Å². The number of anilines is 1. The van der Waals surface area contributed by atoms with Gasteiger partial charge in [-0.3, -0.25) is 9.59 Å². The fraction of sp³-hybridized carbons (Fsp3) is 0.333. The third-order valence-electron chi connectivity index (χ3n) is 3.47. The highest BCUT2D eigenvalue weighted by Crippen LogP contribution is 2.29. The number of carbonyl (C=O) groups excluding carboxylic acids is 1. The van der Waals surface area contributed by atoms with E-state index in [4.69, 9.17) is 0 Å². The Hall–Kier alpha value is -1.62. The van der Waals surface area contributed by atoms with Crippen LogP contribution in [0.3, 0.4) is 0 Å². The lowest BCUT2D eigenvalue weighted by Gasteiger charge is -2.24. The van der Waals surface area contributed by atoms with Gasteiger partial charge in [-0.25, -0.2) is 0 Å². The zero-order valence-corrected chi connectivity index (χ0v) is 12.7. The summed E-state index contributed by atoms with van der Waals surface area (Å²) in [4.78, 5) is 23.5. The molecule has 2 N–H and O–H groups in total. The maximum absolute atomic E-state index is 12.3. The average molecular weight is 338 g/mol. The number of carbonyl (C=O) groups is 2. The Labute approximate surface area is 126 Å². The van der Waals surface area contributed by atoms with Gasteiger partial charge in [0.25, 0.3) is 0 Å². The second-order valence-electron chi connectivity index (χ2n) is 4.97. The van der Waals surface area contributed by atoms with Crippen molar-refractivity contribution in [3.63, 3.8) is 0 Å². The monoisotopic (exact) mass is 337 g/mol. The third-order valence-corrected chi connectivity index (χ3v) is 4.12. The topological polar surface area (TPSA) is 66.4 Å². The van der Waals surface area contributed by atoms with Crippen LogP contribution in [0.4, 0.5) is 5.69 Å². The zero-order chi connectivity index (χ0) is 14.7. The summed E-state index contributed by atoms with van der Waals surface area (Å²) in [7, 11) is 0. The van der Waals surface area contributed by atoms with E-state index in [0.29, 0.717) is 18.5 Å². The first-order valence-electron chi connectivity index (χ1n) is 6.44. The smallest absolute Gasteiger partial charge is 0.307 e. The Morgan fingerprint density at radius 3 is 2.50 bits per heavy atom. The van der Waals surface area contributed by atoms with Crippen molar-refractivity contribution >= 4 is 33.5 Å². The fourth-order valence-electron chi connectivity index (χ4n) is 2.32. The molecule has 0 heterocycles. The molecule has 106 valence electrons. The summed E-state index contributed by atoms with van der Waals surface area (Å²) in [6.07, 6.45) is 4.56. The second-order valence-corrected chi connectivity index (χ2v) is 5.82. The molecule has 0 aromatic heterocycles. The predicted molar refractivity (Wildman–Crippen MR) is 80.5 cm³/mol. The molecular weight excluding hydrogens is 322 g/mol. The van der Waals surface area contributed by atoms with Crippen molar-refractivity contribution in [1.82, 2.24) is 0 Å². The highest BCUT2D eigenvalue weighted by Gasteiger charge is 2.34. The molecule has 0 aliphatic heterocycles. The number of aryl methyl sites for hydroxylation is 1. The summed E-state index contributed by atoms with van der Waals surface area (Å²) >= 11 is 3.40. The molecule has 0 bridgehead atoms. The van der Waals surface area contributed by atoms with E-state index in [-0.39, 0.29) is 5.91 Å². The lowest BCUT2D eigenvalue weighted by molar-refractivity contribution is -0.146. The number of benzene rings is 1. The molecule has 0 saturated carbocycles. The maximum Gasteiger partial charge on any atom is 0.307 e. The molecule has 0 fully saturated rings. The van der Waals surface area contributed by atoms with Crippen LogP contribution in [0, 0.1) is 18.8 Å². The quantitative estimate of drug-likeness (QED) is 0.831. The summed E-state index contributed by atoms with van der Waals surface area (Å²) in [6.45, 7) is 1.96. The molecule has 0 unspecified atom stereocenters. The highest BCUT2D eigenvalue weighted by molar-refractivity contribution is 9.10. The molecule has 5 heteroatoms. The average Bonchev–Trinajstić information content (AvgIpc) is 2.41. The minimum absolute atomic E-state index is 0.244. The van der Waals surface area contributed by atoms with Crippen molar-refractivity contribution in [2.75, 3.05) is 5.32 Å². The number of aliphatic carboxylic acids is 1. The van der Waals surface area contributed by atoms with Crippen molar-refractivity contribution in [2.24, 2.45) is 11.8 Å². The molecule has 20 heavy (non-hydrogen) atoms. The lowest BCUT2D eigenvalue weighted by Crippen LogP contribution is -2.34. The highest BCUT2D eigenvalue weighted by atomic mass is 79.9. The molecule has 1 aliphatic rings. The normalized spacial score (nSPS) is 21.5. The molecular formula is C15H16BrNO3. The van der Waals surface area contributed by atoms with E-state index in [1.54, 1.807) is 0 Å². The van der Waals surface area contributed by atoms with E-state index in [9.17, 15) is 14.7 Å². The molecule has 2 atom stereocenters. The van der Waals surface area contributed by atoms with Gasteiger partial charge in [-0.2, -0.15) is 0 Å². The van der Waals surface area contributed by atoms with Crippen LogP contribution in [-0.2, 0) is 9.59 Å². The summed E-state index contributed by atoms with van der Waals surface area (Å²) in [6, 6.07) is 5.62. The van der Waals surface area contributed by atoms with Crippen LogP contribution in [0.1, 0.15) is 18.4 Å². The van der Waals surface area contributed by atoms with Gasteiger partial charge in [0.2, 0.25) is 5.91 Å². The van der Waals surface area contributed by atoms with Gasteiger partial charge in [-0.05, 0) is 53.4 Å². The third kappa shape index (κ3) is 3.28. The molecule has 0 saturated heterocycles. The van der Waals surface area contributed by atoms with Crippen molar-refractivity contribution in [3.05, 3.63) is 40.4 Å². The van der Waals surface area contributed by atoms with Crippen LogP contribution >= 0.6 is 15.9 Å². The molecule has 1 aromatic carbocycles. The first-order chi connectivity index (χ1) is 9.49. The van der Waals surface area contributed by atoms with Gasteiger partial charge in [0, 0.05) is 4.47 Å². The Morgan fingerprint density at radius 1 is 1.25 bits per heavy atom. The van der Waals surface area contributed by atoms with Gasteiger partial charge in [-0.1, -0.05) is 18.2 Å². The van der Waals surface area contributed by atoms with Crippen molar-refractivity contribution in [2.45, 2.75) is 19.8 Å². The van der Waals surface area contributed by atoms with Gasteiger partial charge in [0.05, 0.1) is 17.5 Å². The van der Waals surface area contributed by atoms with Gasteiger partial charge in [-0.15, -0.1) is 0 Å². The van der Waals surface area contributed by atoms with Crippen molar-refractivity contribution < 1.29 is 14.7 Å². The van der Waals surface area contributed by atoms with Gasteiger partial charge in [0.15, 0.2) is 0 Å². The number of allylic oxidation sites excluding steroid dienone is 2. The van der Waals surface area contributed by atoms with Crippen LogP contribution in [0.2, 0.25) is 0 Å². The largest absolute Gasteiger partial charge is 0.481 e. The SMILES string of the molecule is Cc1ccc(NC(=O)[C@H]2CC=CC[C@H]2C(=O)O)c(Br)c1. The molecule has 1 amide bonds. The molecule has 0 radical (unpaired) electrons. The minimum Gasteiger partial charge on any atom is -0.481 e. The van der Waals surface area contributed by atoms with Crippen LogP contribution < -0.4 is 5.32 Å². The standard InChI is InChI=1S/C15H16BrNO3/c1-9-6-7-13(12(16)8-9)17-14(18)10-4-2-3-5-11(10)15(19)20/h2-3,6-8,10-11H,4-5H2,1H3,(H,17,18)(H,19,20)/t10-,11+/m0/s1. The number of carboxylic acids is 1. The summed E-state index contributed by atoms with van der Waals surface area (Å²) in [5, 5.41) is 12.0. The molecule has 1 aliphatic carbocycles. The Balaban J connectivity index is 2.14. The first-order valence-corrected chi connectivity index (χ1v) is 7.23. The van der Waals surface area contributed by atoms with Crippen molar-refractivity contribution in [3.8, 4) is 0 Å². The molecule has 0 spiro atoms. The van der Waals surface area contributed by atoms with Crippen molar-refractivity contribution in [1.29, 1.82) is 0 Å². The summed E-state index contributed by atoms with van der Waals surface area (Å²) < 4.78 is 0.795. The fourth-order valence-corrected chi connectivity index (χ4v) is 2.92. The summed E-state index contributed by atoms with van der Waals surface area (Å²) in [5.41, 5.74) is 1.75. The Morgan fingerprint density at radius 2 is 1.90 bits per heavy atom. The van der Waals surface area contributed by atoms with Gasteiger partial charge < -0.3 is 10.4 Å². The number of nitrogens with one attached hydrogen (secondary N) is 1. The lowest BCUT2D eigenvalue weighted by atomic mass is 9.82. The van der Waals surface area contributed by atoms with E-state index in [1.165, 1.54) is 0 Å². The van der Waals surface area contributed by atoms with Gasteiger partial charge >= 0.3 is 5.97 Å². The predicted octanol–water partition coefficient (Wildman–Crippen LogP) is 3.36. The van der Waals surface area contributed by atoms with Crippen LogP contribution in [-0.4, -0.2) is 17.0 Å². The van der Waals surface area contributed by atoms with E-state index in [0.717, 1.165) is 10.0 Å². The molecule has 4 nitrogen and oxygen atoms in total. The van der Waals surface area contributed by atoms with Crippen LogP contribution in [0.5, 0.6) is 0 Å². The first kappa shape index (κ1) is 14.8. The zero-order valence-electron chi connectivity index (χ0n) is 11.1. The van der Waals surface area contributed by atoms with Gasteiger partial charge in [0.1, 0.15) is 0 Å². The minimum atomic E-state index is -0.919. The summed E-state index contributed by atoms with van der Waals surface area (Å²) in [5.74, 6) is -2.33. The number of rotatable bonds is 3. The Kier molecular flexibility index (Phi) is 4.60. The van der Waals surface area contributed by atoms with E-state index >= 15 is 0 Å².